The second-order valence-electron chi connectivity index (χ2n) is 4.78. The predicted octanol–water partition coefficient (Wildman–Crippen LogP) is 4.87. The molecule has 0 saturated heterocycles. The van der Waals surface area contributed by atoms with E-state index in [1.54, 1.807) is 17.4 Å². The zero-order chi connectivity index (χ0) is 14.7. The lowest BCUT2D eigenvalue weighted by Crippen LogP contribution is -2.03. The Morgan fingerprint density at radius 2 is 1.90 bits per heavy atom. The number of nitrogens with one attached hydrogen (secondary N) is 1. The van der Waals surface area contributed by atoms with Crippen molar-refractivity contribution < 1.29 is 4.39 Å². The average molecular weight is 298 g/mol. The van der Waals surface area contributed by atoms with Crippen LogP contribution < -0.4 is 5.32 Å². The number of anilines is 1. The molecule has 1 heterocycles. The minimum absolute atomic E-state index is 0.227. The highest BCUT2D eigenvalue weighted by Crippen LogP contribution is 2.24. The Labute approximate surface area is 127 Å². The first-order valence-corrected chi connectivity index (χ1v) is 7.61. The lowest BCUT2D eigenvalue weighted by molar-refractivity contribution is 0.629. The van der Waals surface area contributed by atoms with Gasteiger partial charge in [-0.05, 0) is 18.6 Å². The zero-order valence-electron chi connectivity index (χ0n) is 11.6. The molecule has 1 aromatic heterocycles. The van der Waals surface area contributed by atoms with Gasteiger partial charge in [0, 0.05) is 10.9 Å². The predicted molar refractivity (Wildman–Crippen MR) is 86.0 cm³/mol. The first-order chi connectivity index (χ1) is 10.2. The number of rotatable bonds is 4. The molecule has 3 rings (SSSR count). The van der Waals surface area contributed by atoms with Crippen LogP contribution in [0.25, 0.3) is 11.3 Å². The minimum Gasteiger partial charge on any atom is -0.376 e. The van der Waals surface area contributed by atoms with Crippen molar-refractivity contribution >= 4 is 17.0 Å². The monoisotopic (exact) mass is 298 g/mol. The smallest absolute Gasteiger partial charge is 0.146 e. The van der Waals surface area contributed by atoms with Crippen molar-refractivity contribution in [2.45, 2.75) is 13.5 Å². The standard InChI is InChI=1S/C17H15FN2S/c1-12-6-5-9-14(18)17(12)19-10-16-20-15(11-21-16)13-7-3-2-4-8-13/h2-9,11,19H,10H2,1H3. The van der Waals surface area contributed by atoms with Crippen molar-refractivity contribution in [1.29, 1.82) is 0 Å². The number of benzene rings is 2. The van der Waals surface area contributed by atoms with Gasteiger partial charge in [0.1, 0.15) is 10.8 Å². The summed E-state index contributed by atoms with van der Waals surface area (Å²) in [7, 11) is 0. The molecule has 2 aromatic carbocycles. The van der Waals surface area contributed by atoms with Gasteiger partial charge < -0.3 is 5.32 Å². The number of thiazole rings is 1. The molecule has 0 aliphatic carbocycles. The van der Waals surface area contributed by atoms with E-state index in [2.05, 4.69) is 10.3 Å². The van der Waals surface area contributed by atoms with E-state index in [4.69, 9.17) is 0 Å². The van der Waals surface area contributed by atoms with E-state index < -0.39 is 0 Å². The number of halogens is 1. The van der Waals surface area contributed by atoms with Crippen LogP contribution in [0.2, 0.25) is 0 Å². The van der Waals surface area contributed by atoms with E-state index in [1.807, 2.05) is 48.7 Å². The second kappa shape index (κ2) is 6.06. The van der Waals surface area contributed by atoms with E-state index in [1.165, 1.54) is 6.07 Å². The van der Waals surface area contributed by atoms with Gasteiger partial charge in [0.25, 0.3) is 0 Å². The van der Waals surface area contributed by atoms with Crippen molar-refractivity contribution in [3.63, 3.8) is 0 Å². The number of aryl methyl sites for hydroxylation is 1. The van der Waals surface area contributed by atoms with E-state index >= 15 is 0 Å². The SMILES string of the molecule is Cc1cccc(F)c1NCc1nc(-c2ccccc2)cs1. The Balaban J connectivity index is 1.74. The molecule has 0 fully saturated rings. The number of nitrogens with zero attached hydrogens (tertiary/aromatic N) is 1. The molecule has 1 N–H and O–H groups in total. The van der Waals surface area contributed by atoms with Gasteiger partial charge >= 0.3 is 0 Å². The van der Waals surface area contributed by atoms with Crippen molar-refractivity contribution in [2.24, 2.45) is 0 Å². The first-order valence-electron chi connectivity index (χ1n) is 6.73. The third kappa shape index (κ3) is 3.11. The molecule has 0 radical (unpaired) electrons. The Morgan fingerprint density at radius 3 is 2.67 bits per heavy atom. The van der Waals surface area contributed by atoms with Gasteiger partial charge in [-0.2, -0.15) is 0 Å². The van der Waals surface area contributed by atoms with Crippen LogP contribution in [-0.2, 0) is 6.54 Å². The summed E-state index contributed by atoms with van der Waals surface area (Å²) in [4.78, 5) is 4.59. The highest BCUT2D eigenvalue weighted by atomic mass is 32.1. The number of hydrogen-bond donors (Lipinski definition) is 1. The fraction of sp³-hybridized carbons (Fsp3) is 0.118. The average Bonchev–Trinajstić information content (AvgIpc) is 2.97. The highest BCUT2D eigenvalue weighted by molar-refractivity contribution is 7.09. The van der Waals surface area contributed by atoms with Gasteiger partial charge in [-0.25, -0.2) is 9.37 Å². The van der Waals surface area contributed by atoms with Crippen molar-refractivity contribution in [3.8, 4) is 11.3 Å². The maximum absolute atomic E-state index is 13.7. The zero-order valence-corrected chi connectivity index (χ0v) is 12.5. The van der Waals surface area contributed by atoms with E-state index in [-0.39, 0.29) is 5.82 Å². The molecule has 0 amide bonds. The van der Waals surface area contributed by atoms with E-state index in [0.717, 1.165) is 21.8 Å². The van der Waals surface area contributed by atoms with Gasteiger partial charge in [0.15, 0.2) is 0 Å². The summed E-state index contributed by atoms with van der Waals surface area (Å²) in [6.45, 7) is 2.42. The summed E-state index contributed by atoms with van der Waals surface area (Å²) < 4.78 is 13.7. The summed E-state index contributed by atoms with van der Waals surface area (Å²) in [6, 6.07) is 15.1. The molecule has 2 nitrogen and oxygen atoms in total. The molecule has 0 saturated carbocycles. The van der Waals surface area contributed by atoms with Crippen LogP contribution in [0.5, 0.6) is 0 Å². The summed E-state index contributed by atoms with van der Waals surface area (Å²) in [6.07, 6.45) is 0. The summed E-state index contributed by atoms with van der Waals surface area (Å²) in [5, 5.41) is 6.10. The van der Waals surface area contributed by atoms with E-state index in [9.17, 15) is 4.39 Å². The number of para-hydroxylation sites is 1. The molecule has 21 heavy (non-hydrogen) atoms. The molecule has 0 unspecified atom stereocenters. The maximum Gasteiger partial charge on any atom is 0.146 e. The van der Waals surface area contributed by atoms with Crippen LogP contribution in [0.3, 0.4) is 0 Å². The van der Waals surface area contributed by atoms with Gasteiger partial charge in [-0.3, -0.25) is 0 Å². The molecular weight excluding hydrogens is 283 g/mol. The Hall–Kier alpha value is -2.20. The molecule has 0 aliphatic heterocycles. The third-order valence-corrected chi connectivity index (χ3v) is 4.11. The van der Waals surface area contributed by atoms with Crippen molar-refractivity contribution in [2.75, 3.05) is 5.32 Å². The molecular formula is C17H15FN2S. The normalized spacial score (nSPS) is 10.6. The topological polar surface area (TPSA) is 24.9 Å². The lowest BCUT2D eigenvalue weighted by Gasteiger charge is -2.08. The molecule has 0 atom stereocenters. The number of aromatic nitrogens is 1. The molecule has 4 heteroatoms. The van der Waals surface area contributed by atoms with Crippen LogP contribution in [0.1, 0.15) is 10.6 Å². The fourth-order valence-corrected chi connectivity index (χ4v) is 2.90. The Morgan fingerprint density at radius 1 is 1.10 bits per heavy atom. The molecule has 106 valence electrons. The van der Waals surface area contributed by atoms with Crippen LogP contribution in [0, 0.1) is 12.7 Å². The van der Waals surface area contributed by atoms with Gasteiger partial charge in [0.05, 0.1) is 17.9 Å². The number of hydrogen-bond acceptors (Lipinski definition) is 3. The van der Waals surface area contributed by atoms with Crippen LogP contribution in [0.15, 0.2) is 53.9 Å². The Kier molecular flexibility index (Phi) is 3.97. The van der Waals surface area contributed by atoms with Crippen LogP contribution in [-0.4, -0.2) is 4.98 Å². The quantitative estimate of drug-likeness (QED) is 0.743. The molecule has 0 spiro atoms. The first kappa shape index (κ1) is 13.8. The van der Waals surface area contributed by atoms with Gasteiger partial charge in [0.2, 0.25) is 0 Å². The van der Waals surface area contributed by atoms with Gasteiger partial charge in [-0.1, -0.05) is 42.5 Å². The Bertz CT molecular complexity index is 717. The fourth-order valence-electron chi connectivity index (χ4n) is 2.15. The summed E-state index contributed by atoms with van der Waals surface area (Å²) >= 11 is 1.58. The largest absolute Gasteiger partial charge is 0.376 e. The van der Waals surface area contributed by atoms with Crippen molar-refractivity contribution in [3.05, 3.63) is 70.3 Å². The van der Waals surface area contributed by atoms with Gasteiger partial charge in [-0.15, -0.1) is 11.3 Å². The van der Waals surface area contributed by atoms with E-state index in [0.29, 0.717) is 12.2 Å². The van der Waals surface area contributed by atoms with Crippen LogP contribution >= 0.6 is 11.3 Å². The molecule has 3 aromatic rings. The van der Waals surface area contributed by atoms with Crippen molar-refractivity contribution in [1.82, 2.24) is 4.98 Å². The third-order valence-electron chi connectivity index (χ3n) is 3.26. The summed E-state index contributed by atoms with van der Waals surface area (Å²) in [5.74, 6) is -0.227. The molecule has 0 bridgehead atoms. The summed E-state index contributed by atoms with van der Waals surface area (Å²) in [5.41, 5.74) is 3.51. The second-order valence-corrected chi connectivity index (χ2v) is 5.72. The van der Waals surface area contributed by atoms with Crippen LogP contribution in [0.4, 0.5) is 10.1 Å². The maximum atomic E-state index is 13.7. The lowest BCUT2D eigenvalue weighted by atomic mass is 10.2. The minimum atomic E-state index is -0.227. The highest BCUT2D eigenvalue weighted by Gasteiger charge is 2.07. The molecule has 0 aliphatic rings.